The summed E-state index contributed by atoms with van der Waals surface area (Å²) in [6.45, 7) is -1.78. The van der Waals surface area contributed by atoms with Crippen molar-refractivity contribution in [3.8, 4) is 5.75 Å². The summed E-state index contributed by atoms with van der Waals surface area (Å²) in [4.78, 5) is 8.50. The molecule has 1 aliphatic heterocycles. The molecule has 1 N–H and O–H groups in total. The van der Waals surface area contributed by atoms with Crippen LogP contribution in [0.25, 0.3) is 0 Å². The summed E-state index contributed by atoms with van der Waals surface area (Å²) in [6, 6.07) is 3.22. The standard InChI is InChI=1S/C14H17F2N5O2/c1-22-8-12-19-13-5-2-9(7-21(13)20-12)18-11-4-3-10(6-17-11)23-14(15)16/h3-4,6,9,14H,2,5,7-8H2,1H3,(H,17,18)/t9-/m1/s1. The minimum atomic E-state index is -2.85. The van der Waals surface area contributed by atoms with Gasteiger partial charge in [-0.2, -0.15) is 13.9 Å². The lowest BCUT2D eigenvalue weighted by Gasteiger charge is -2.24. The van der Waals surface area contributed by atoms with Gasteiger partial charge in [0.1, 0.15) is 24.0 Å². The van der Waals surface area contributed by atoms with Crippen LogP contribution in [0, 0.1) is 0 Å². The van der Waals surface area contributed by atoms with Crippen LogP contribution in [0.5, 0.6) is 5.75 Å². The average molecular weight is 325 g/mol. The Morgan fingerprint density at radius 1 is 1.43 bits per heavy atom. The van der Waals surface area contributed by atoms with E-state index in [0.717, 1.165) is 18.7 Å². The van der Waals surface area contributed by atoms with Crippen molar-refractivity contribution in [2.24, 2.45) is 0 Å². The molecule has 23 heavy (non-hydrogen) atoms. The number of hydrogen-bond donors (Lipinski definition) is 1. The summed E-state index contributed by atoms with van der Waals surface area (Å²) in [7, 11) is 1.61. The van der Waals surface area contributed by atoms with Crippen molar-refractivity contribution in [1.29, 1.82) is 0 Å². The van der Waals surface area contributed by atoms with Crippen molar-refractivity contribution < 1.29 is 18.3 Å². The summed E-state index contributed by atoms with van der Waals surface area (Å²) >= 11 is 0. The Morgan fingerprint density at radius 3 is 3.00 bits per heavy atom. The maximum Gasteiger partial charge on any atom is 0.387 e. The summed E-state index contributed by atoms with van der Waals surface area (Å²) in [6.07, 6.45) is 2.97. The zero-order chi connectivity index (χ0) is 16.2. The summed E-state index contributed by atoms with van der Waals surface area (Å²) < 4.78 is 35.4. The molecule has 0 spiro atoms. The first-order valence-corrected chi connectivity index (χ1v) is 7.23. The highest BCUT2D eigenvalue weighted by Gasteiger charge is 2.21. The second-order valence-corrected chi connectivity index (χ2v) is 5.20. The van der Waals surface area contributed by atoms with Crippen molar-refractivity contribution in [3.63, 3.8) is 0 Å². The fraction of sp³-hybridized carbons (Fsp3) is 0.500. The van der Waals surface area contributed by atoms with Gasteiger partial charge in [0.2, 0.25) is 0 Å². The van der Waals surface area contributed by atoms with Crippen LogP contribution < -0.4 is 10.1 Å². The van der Waals surface area contributed by atoms with Crippen LogP contribution in [-0.2, 0) is 24.3 Å². The normalized spacial score (nSPS) is 17.1. The van der Waals surface area contributed by atoms with Crippen molar-refractivity contribution in [2.75, 3.05) is 12.4 Å². The average Bonchev–Trinajstić information content (AvgIpc) is 2.91. The molecule has 0 saturated heterocycles. The van der Waals surface area contributed by atoms with Crippen LogP contribution in [0.2, 0.25) is 0 Å². The SMILES string of the molecule is COCc1nc2n(n1)C[C@H](Nc1ccc(OC(F)F)cn1)CC2. The lowest BCUT2D eigenvalue weighted by atomic mass is 10.1. The Morgan fingerprint density at radius 2 is 2.30 bits per heavy atom. The Balaban J connectivity index is 1.60. The van der Waals surface area contributed by atoms with Gasteiger partial charge in [-0.05, 0) is 18.6 Å². The first kappa shape index (κ1) is 15.6. The third kappa shape index (κ3) is 3.92. The van der Waals surface area contributed by atoms with Crippen LogP contribution >= 0.6 is 0 Å². The van der Waals surface area contributed by atoms with Gasteiger partial charge in [0, 0.05) is 19.6 Å². The number of nitrogens with zero attached hydrogens (tertiary/aromatic N) is 4. The van der Waals surface area contributed by atoms with E-state index in [4.69, 9.17) is 4.74 Å². The number of pyridine rings is 1. The van der Waals surface area contributed by atoms with E-state index in [-0.39, 0.29) is 11.8 Å². The van der Waals surface area contributed by atoms with Gasteiger partial charge in [-0.3, -0.25) is 0 Å². The van der Waals surface area contributed by atoms with Gasteiger partial charge in [-0.1, -0.05) is 0 Å². The van der Waals surface area contributed by atoms with Crippen LogP contribution in [0.4, 0.5) is 14.6 Å². The molecule has 2 aromatic rings. The molecule has 1 atom stereocenters. The second-order valence-electron chi connectivity index (χ2n) is 5.20. The Bertz CT molecular complexity index is 647. The fourth-order valence-corrected chi connectivity index (χ4v) is 2.52. The van der Waals surface area contributed by atoms with Crippen molar-refractivity contribution in [2.45, 2.75) is 38.6 Å². The number of ether oxygens (including phenoxy) is 2. The number of hydrogen-bond acceptors (Lipinski definition) is 6. The highest BCUT2D eigenvalue weighted by atomic mass is 19.3. The van der Waals surface area contributed by atoms with Crippen molar-refractivity contribution in [1.82, 2.24) is 19.7 Å². The molecule has 7 nitrogen and oxygen atoms in total. The summed E-state index contributed by atoms with van der Waals surface area (Å²) in [5, 5.41) is 7.67. The lowest BCUT2D eigenvalue weighted by molar-refractivity contribution is -0.0500. The van der Waals surface area contributed by atoms with E-state index >= 15 is 0 Å². The number of methoxy groups -OCH3 is 1. The predicted octanol–water partition coefficient (Wildman–Crippen LogP) is 1.85. The first-order chi connectivity index (χ1) is 11.1. The molecule has 0 bridgehead atoms. The van der Waals surface area contributed by atoms with Gasteiger partial charge in [0.25, 0.3) is 0 Å². The van der Waals surface area contributed by atoms with Gasteiger partial charge in [0.15, 0.2) is 5.82 Å². The molecule has 0 radical (unpaired) electrons. The molecule has 9 heteroatoms. The van der Waals surface area contributed by atoms with Crippen LogP contribution in [0.15, 0.2) is 18.3 Å². The van der Waals surface area contributed by atoms with E-state index in [1.165, 1.54) is 12.3 Å². The van der Waals surface area contributed by atoms with Gasteiger partial charge in [-0.15, -0.1) is 0 Å². The quantitative estimate of drug-likeness (QED) is 0.874. The fourth-order valence-electron chi connectivity index (χ4n) is 2.52. The van der Waals surface area contributed by atoms with E-state index < -0.39 is 6.61 Å². The van der Waals surface area contributed by atoms with Gasteiger partial charge < -0.3 is 14.8 Å². The predicted molar refractivity (Wildman–Crippen MR) is 77.3 cm³/mol. The van der Waals surface area contributed by atoms with Gasteiger partial charge >= 0.3 is 6.61 Å². The van der Waals surface area contributed by atoms with E-state index in [0.29, 0.717) is 24.8 Å². The monoisotopic (exact) mass is 325 g/mol. The molecule has 3 heterocycles. The number of anilines is 1. The van der Waals surface area contributed by atoms with Crippen LogP contribution in [0.3, 0.4) is 0 Å². The molecule has 0 aliphatic carbocycles. The first-order valence-electron chi connectivity index (χ1n) is 7.23. The van der Waals surface area contributed by atoms with Crippen molar-refractivity contribution in [3.05, 3.63) is 30.0 Å². The van der Waals surface area contributed by atoms with Crippen LogP contribution in [-0.4, -0.2) is 39.5 Å². The number of nitrogens with one attached hydrogen (secondary N) is 1. The second kappa shape index (κ2) is 6.86. The topological polar surface area (TPSA) is 74.1 Å². The molecule has 0 fully saturated rings. The zero-order valence-corrected chi connectivity index (χ0v) is 12.6. The highest BCUT2D eigenvalue weighted by Crippen LogP contribution is 2.19. The molecule has 124 valence electrons. The molecule has 0 unspecified atom stereocenters. The number of aryl methyl sites for hydroxylation is 1. The molecule has 0 amide bonds. The minimum Gasteiger partial charge on any atom is -0.433 e. The maximum atomic E-state index is 12.1. The van der Waals surface area contributed by atoms with E-state index in [2.05, 4.69) is 25.1 Å². The number of rotatable bonds is 6. The van der Waals surface area contributed by atoms with E-state index in [1.54, 1.807) is 13.2 Å². The summed E-state index contributed by atoms with van der Waals surface area (Å²) in [5.41, 5.74) is 0. The molecular weight excluding hydrogens is 308 g/mol. The molecule has 3 rings (SSSR count). The number of alkyl halides is 2. The Hall–Kier alpha value is -2.29. The Labute approximate surface area is 131 Å². The molecule has 1 aliphatic rings. The smallest absolute Gasteiger partial charge is 0.387 e. The third-order valence-corrected chi connectivity index (χ3v) is 3.49. The van der Waals surface area contributed by atoms with Crippen molar-refractivity contribution >= 4 is 5.82 Å². The third-order valence-electron chi connectivity index (χ3n) is 3.49. The highest BCUT2D eigenvalue weighted by molar-refractivity contribution is 5.38. The van der Waals surface area contributed by atoms with E-state index in [1.807, 2.05) is 4.68 Å². The minimum absolute atomic E-state index is 0.0389. The Kier molecular flexibility index (Phi) is 4.65. The molecular formula is C14H17F2N5O2. The number of aromatic nitrogens is 4. The lowest BCUT2D eigenvalue weighted by Crippen LogP contribution is -2.32. The largest absolute Gasteiger partial charge is 0.433 e. The van der Waals surface area contributed by atoms with Crippen LogP contribution in [0.1, 0.15) is 18.1 Å². The van der Waals surface area contributed by atoms with E-state index in [9.17, 15) is 8.78 Å². The van der Waals surface area contributed by atoms with Gasteiger partial charge in [0.05, 0.1) is 12.7 Å². The molecule has 0 saturated carbocycles. The zero-order valence-electron chi connectivity index (χ0n) is 12.6. The number of fused-ring (bicyclic) bond motifs is 1. The molecule has 0 aromatic carbocycles. The molecule has 2 aromatic heterocycles. The summed E-state index contributed by atoms with van der Waals surface area (Å²) in [5.74, 6) is 2.27. The maximum absolute atomic E-state index is 12.1. The number of halogens is 2. The van der Waals surface area contributed by atoms with Gasteiger partial charge in [-0.25, -0.2) is 14.6 Å².